The highest BCUT2D eigenvalue weighted by molar-refractivity contribution is 6.62. The summed E-state index contributed by atoms with van der Waals surface area (Å²) < 4.78 is 23.1. The van der Waals surface area contributed by atoms with Crippen molar-refractivity contribution in [3.05, 3.63) is 24.3 Å². The summed E-state index contributed by atoms with van der Waals surface area (Å²) in [4.78, 5) is 11.8. The molecular formula is C20H32BNO5. The SMILES string of the molecule is C[C@@H](COc1ccc(B2OC(C)(C)C(C)(C)O2)cc1)NC(=O)OC(C)(C)C. The van der Waals surface area contributed by atoms with Gasteiger partial charge in [0.2, 0.25) is 0 Å². The van der Waals surface area contributed by atoms with Gasteiger partial charge >= 0.3 is 13.2 Å². The molecule has 0 unspecified atom stereocenters. The molecule has 150 valence electrons. The van der Waals surface area contributed by atoms with Gasteiger partial charge in [-0.3, -0.25) is 0 Å². The number of rotatable bonds is 5. The molecule has 0 radical (unpaired) electrons. The molecular weight excluding hydrogens is 345 g/mol. The molecule has 1 aliphatic rings. The van der Waals surface area contributed by atoms with E-state index in [0.29, 0.717) is 12.4 Å². The van der Waals surface area contributed by atoms with E-state index in [1.807, 2.05) is 79.7 Å². The van der Waals surface area contributed by atoms with Gasteiger partial charge in [-0.25, -0.2) is 4.79 Å². The molecule has 1 N–H and O–H groups in total. The Morgan fingerprint density at radius 3 is 2.11 bits per heavy atom. The maximum absolute atomic E-state index is 11.8. The molecule has 6 nitrogen and oxygen atoms in total. The maximum atomic E-state index is 11.8. The van der Waals surface area contributed by atoms with Crippen molar-refractivity contribution in [2.24, 2.45) is 0 Å². The van der Waals surface area contributed by atoms with E-state index in [1.165, 1.54) is 0 Å². The van der Waals surface area contributed by atoms with Crippen LogP contribution in [-0.2, 0) is 14.0 Å². The third-order valence-electron chi connectivity index (χ3n) is 4.67. The van der Waals surface area contributed by atoms with E-state index in [0.717, 1.165) is 5.46 Å². The lowest BCUT2D eigenvalue weighted by Gasteiger charge is -2.32. The lowest BCUT2D eigenvalue weighted by atomic mass is 9.79. The summed E-state index contributed by atoms with van der Waals surface area (Å²) >= 11 is 0. The van der Waals surface area contributed by atoms with Crippen molar-refractivity contribution in [1.29, 1.82) is 0 Å². The van der Waals surface area contributed by atoms with Gasteiger partial charge in [0, 0.05) is 0 Å². The maximum Gasteiger partial charge on any atom is 0.494 e. The topological polar surface area (TPSA) is 66.0 Å². The first-order chi connectivity index (χ1) is 12.3. The molecule has 0 spiro atoms. The summed E-state index contributed by atoms with van der Waals surface area (Å²) in [6.07, 6.45) is -0.449. The van der Waals surface area contributed by atoms with Crippen molar-refractivity contribution in [1.82, 2.24) is 5.32 Å². The average Bonchev–Trinajstić information content (AvgIpc) is 2.72. The molecule has 1 amide bonds. The molecule has 27 heavy (non-hydrogen) atoms. The van der Waals surface area contributed by atoms with Crippen molar-refractivity contribution in [3.8, 4) is 5.75 Å². The van der Waals surface area contributed by atoms with E-state index in [2.05, 4.69) is 5.32 Å². The molecule has 1 atom stereocenters. The fourth-order valence-electron chi connectivity index (χ4n) is 2.47. The highest BCUT2D eigenvalue weighted by atomic mass is 16.7. The molecule has 1 aromatic carbocycles. The van der Waals surface area contributed by atoms with Crippen LogP contribution in [-0.4, -0.2) is 42.7 Å². The largest absolute Gasteiger partial charge is 0.494 e. The molecule has 1 fully saturated rings. The summed E-state index contributed by atoms with van der Waals surface area (Å²) in [7, 11) is -0.392. The molecule has 1 saturated heterocycles. The minimum absolute atomic E-state index is 0.178. The van der Waals surface area contributed by atoms with Crippen LogP contribution in [0.4, 0.5) is 4.79 Å². The number of amides is 1. The lowest BCUT2D eigenvalue weighted by molar-refractivity contribution is 0.00578. The van der Waals surface area contributed by atoms with E-state index in [9.17, 15) is 4.79 Å². The van der Waals surface area contributed by atoms with Gasteiger partial charge < -0.3 is 24.1 Å². The number of carbonyl (C=O) groups excluding carboxylic acids is 1. The van der Waals surface area contributed by atoms with Crippen LogP contribution < -0.4 is 15.5 Å². The number of nitrogens with one attached hydrogen (secondary N) is 1. The third-order valence-corrected chi connectivity index (χ3v) is 4.67. The summed E-state index contributed by atoms with van der Waals surface area (Å²) in [6, 6.07) is 7.44. The van der Waals surface area contributed by atoms with Gasteiger partial charge in [-0.1, -0.05) is 12.1 Å². The zero-order valence-electron chi connectivity index (χ0n) is 17.7. The minimum atomic E-state index is -0.520. The second-order valence-electron chi connectivity index (χ2n) is 9.02. The summed E-state index contributed by atoms with van der Waals surface area (Å²) in [5, 5.41) is 2.75. The van der Waals surface area contributed by atoms with Crippen LogP contribution >= 0.6 is 0 Å². The normalized spacial score (nSPS) is 19.5. The van der Waals surface area contributed by atoms with Crippen LogP contribution in [0, 0.1) is 0 Å². The van der Waals surface area contributed by atoms with Crippen LogP contribution in [0.5, 0.6) is 5.75 Å². The Labute approximate surface area is 163 Å². The Balaban J connectivity index is 1.85. The minimum Gasteiger partial charge on any atom is -0.491 e. The first-order valence-corrected chi connectivity index (χ1v) is 9.37. The smallest absolute Gasteiger partial charge is 0.491 e. The second-order valence-corrected chi connectivity index (χ2v) is 9.02. The highest BCUT2D eigenvalue weighted by Gasteiger charge is 2.51. The Kier molecular flexibility index (Phi) is 6.17. The van der Waals surface area contributed by atoms with Crippen LogP contribution in [0.15, 0.2) is 24.3 Å². The van der Waals surface area contributed by atoms with Crippen LogP contribution in [0.25, 0.3) is 0 Å². The Morgan fingerprint density at radius 2 is 1.63 bits per heavy atom. The Hall–Kier alpha value is -1.73. The summed E-state index contributed by atoms with van der Waals surface area (Å²) in [6.45, 7) is 15.8. The van der Waals surface area contributed by atoms with Crippen LogP contribution in [0.3, 0.4) is 0 Å². The lowest BCUT2D eigenvalue weighted by Crippen LogP contribution is -2.41. The summed E-state index contributed by atoms with van der Waals surface area (Å²) in [5.74, 6) is 0.716. The number of benzene rings is 1. The van der Waals surface area contributed by atoms with Crippen molar-refractivity contribution >= 4 is 18.7 Å². The average molecular weight is 377 g/mol. The van der Waals surface area contributed by atoms with Gasteiger partial charge in [0.25, 0.3) is 0 Å². The standard InChI is InChI=1S/C20H32BNO5/c1-14(22-17(23)25-18(2,3)4)13-24-16-11-9-15(10-12-16)21-26-19(5,6)20(7,8)27-21/h9-12,14H,13H2,1-8H3,(H,22,23)/t14-/m0/s1. The number of hydrogen-bond acceptors (Lipinski definition) is 5. The quantitative estimate of drug-likeness (QED) is 0.798. The van der Waals surface area contributed by atoms with E-state index < -0.39 is 18.8 Å². The number of alkyl carbamates (subject to hydrolysis) is 1. The first-order valence-electron chi connectivity index (χ1n) is 9.37. The van der Waals surface area contributed by atoms with Crippen LogP contribution in [0.2, 0.25) is 0 Å². The molecule has 0 saturated carbocycles. The number of hydrogen-bond donors (Lipinski definition) is 1. The zero-order chi connectivity index (χ0) is 20.5. The monoisotopic (exact) mass is 377 g/mol. The molecule has 0 bridgehead atoms. The predicted octanol–water partition coefficient (Wildman–Crippen LogP) is 3.28. The van der Waals surface area contributed by atoms with Gasteiger partial charge in [-0.2, -0.15) is 0 Å². The van der Waals surface area contributed by atoms with E-state index in [1.54, 1.807) is 0 Å². The van der Waals surface area contributed by atoms with Gasteiger partial charge in [-0.05, 0) is 73.0 Å². The molecule has 1 aliphatic heterocycles. The Morgan fingerprint density at radius 1 is 1.11 bits per heavy atom. The molecule has 7 heteroatoms. The fraction of sp³-hybridized carbons (Fsp3) is 0.650. The molecule has 1 heterocycles. The molecule has 1 aromatic rings. The molecule has 2 rings (SSSR count). The van der Waals surface area contributed by atoms with Crippen molar-refractivity contribution < 1.29 is 23.6 Å². The fourth-order valence-corrected chi connectivity index (χ4v) is 2.47. The molecule has 0 aromatic heterocycles. The second kappa shape index (κ2) is 7.72. The summed E-state index contributed by atoms with van der Waals surface area (Å²) in [5.41, 5.74) is -0.305. The number of carbonyl (C=O) groups is 1. The molecule has 0 aliphatic carbocycles. The van der Waals surface area contributed by atoms with Crippen LogP contribution in [0.1, 0.15) is 55.4 Å². The highest BCUT2D eigenvalue weighted by Crippen LogP contribution is 2.36. The predicted molar refractivity (Wildman–Crippen MR) is 106 cm³/mol. The van der Waals surface area contributed by atoms with Crippen molar-refractivity contribution in [3.63, 3.8) is 0 Å². The number of ether oxygens (including phenoxy) is 2. The van der Waals surface area contributed by atoms with Gasteiger partial charge in [0.1, 0.15) is 18.0 Å². The van der Waals surface area contributed by atoms with Gasteiger partial charge in [-0.15, -0.1) is 0 Å². The third kappa shape index (κ3) is 5.88. The van der Waals surface area contributed by atoms with E-state index in [4.69, 9.17) is 18.8 Å². The zero-order valence-corrected chi connectivity index (χ0v) is 17.7. The van der Waals surface area contributed by atoms with Gasteiger partial charge in [0.05, 0.1) is 17.2 Å². The van der Waals surface area contributed by atoms with E-state index >= 15 is 0 Å². The van der Waals surface area contributed by atoms with E-state index in [-0.39, 0.29) is 17.2 Å². The first kappa shape index (κ1) is 21.6. The van der Waals surface area contributed by atoms with Gasteiger partial charge in [0.15, 0.2) is 0 Å². The van der Waals surface area contributed by atoms with Crippen molar-refractivity contribution in [2.45, 2.75) is 78.2 Å². The Bertz CT molecular complexity index is 635. The van der Waals surface area contributed by atoms with Crippen molar-refractivity contribution in [2.75, 3.05) is 6.61 Å².